The fourth-order valence-electron chi connectivity index (χ4n) is 4.99. The summed E-state index contributed by atoms with van der Waals surface area (Å²) in [7, 11) is 0. The van der Waals surface area contributed by atoms with E-state index in [1.807, 2.05) is 0 Å². The van der Waals surface area contributed by atoms with Gasteiger partial charge in [-0.2, -0.15) is 0 Å². The van der Waals surface area contributed by atoms with Gasteiger partial charge in [-0.3, -0.25) is 4.79 Å². The van der Waals surface area contributed by atoms with Crippen LogP contribution in [0.25, 0.3) is 0 Å². The number of unbranched alkanes of at least 4 members (excludes halogenated alkanes) is 19. The van der Waals surface area contributed by atoms with Gasteiger partial charge in [0, 0.05) is 0 Å². The van der Waals surface area contributed by atoms with Gasteiger partial charge in [0.25, 0.3) is 0 Å². The van der Waals surface area contributed by atoms with Gasteiger partial charge in [-0.05, 0) is 26.2 Å². The quantitative estimate of drug-likeness (QED) is 0.0935. The smallest absolute Gasteiger partial charge is 0.311 e. The van der Waals surface area contributed by atoms with E-state index in [4.69, 9.17) is 4.74 Å². The molecule has 198 valence electrons. The molecule has 2 nitrogen and oxygen atoms in total. The molecule has 0 spiro atoms. The number of rotatable bonds is 26. The lowest BCUT2D eigenvalue weighted by atomic mass is 9.80. The van der Waals surface area contributed by atoms with E-state index in [-0.39, 0.29) is 11.4 Å². The highest BCUT2D eigenvalue weighted by Gasteiger charge is 2.33. The number of ether oxygens (including phenoxy) is 1. The molecule has 0 N–H and O–H groups in total. The molecule has 0 aliphatic carbocycles. The Morgan fingerprint density at radius 1 is 0.485 bits per heavy atom. The summed E-state index contributed by atoms with van der Waals surface area (Å²) in [5.41, 5.74) is -0.270. The predicted molar refractivity (Wildman–Crippen MR) is 147 cm³/mol. The van der Waals surface area contributed by atoms with Crippen molar-refractivity contribution in [3.8, 4) is 0 Å². The summed E-state index contributed by atoms with van der Waals surface area (Å²) in [5.74, 6) is 0.0602. The normalized spacial score (nSPS) is 13.2. The Morgan fingerprint density at radius 3 is 1.24 bits per heavy atom. The van der Waals surface area contributed by atoms with Crippen molar-refractivity contribution in [2.24, 2.45) is 5.41 Å². The van der Waals surface area contributed by atoms with Crippen LogP contribution in [0, 0.1) is 5.41 Å². The first-order valence-corrected chi connectivity index (χ1v) is 15.3. The van der Waals surface area contributed by atoms with Crippen molar-refractivity contribution in [3.63, 3.8) is 0 Å². The maximum atomic E-state index is 12.8. The molecule has 0 bridgehead atoms. The van der Waals surface area contributed by atoms with E-state index in [1.165, 1.54) is 122 Å². The van der Waals surface area contributed by atoms with E-state index >= 15 is 0 Å². The van der Waals surface area contributed by atoms with Crippen LogP contribution in [0.5, 0.6) is 0 Å². The van der Waals surface area contributed by atoms with E-state index in [0.29, 0.717) is 6.61 Å². The zero-order valence-corrected chi connectivity index (χ0v) is 23.5. The molecule has 0 aliphatic rings. The van der Waals surface area contributed by atoms with Gasteiger partial charge in [-0.25, -0.2) is 0 Å². The fourth-order valence-corrected chi connectivity index (χ4v) is 4.99. The molecular formula is C31H62O2. The summed E-state index contributed by atoms with van der Waals surface area (Å²) in [4.78, 5) is 12.8. The van der Waals surface area contributed by atoms with Crippen molar-refractivity contribution in [2.75, 3.05) is 6.61 Å². The van der Waals surface area contributed by atoms with E-state index < -0.39 is 0 Å². The monoisotopic (exact) mass is 466 g/mol. The highest BCUT2D eigenvalue weighted by molar-refractivity contribution is 5.76. The van der Waals surface area contributed by atoms with Crippen LogP contribution in [0.3, 0.4) is 0 Å². The minimum Gasteiger partial charge on any atom is -0.465 e. The Balaban J connectivity index is 3.66. The lowest BCUT2D eigenvalue weighted by Gasteiger charge is -2.27. The van der Waals surface area contributed by atoms with Gasteiger partial charge in [-0.1, -0.05) is 156 Å². The number of hydrogen-bond acceptors (Lipinski definition) is 2. The Labute approximate surface area is 209 Å². The van der Waals surface area contributed by atoms with Crippen molar-refractivity contribution < 1.29 is 9.53 Å². The Morgan fingerprint density at radius 2 is 0.848 bits per heavy atom. The average molecular weight is 467 g/mol. The van der Waals surface area contributed by atoms with E-state index in [1.54, 1.807) is 0 Å². The Kier molecular flexibility index (Phi) is 24.2. The number of esters is 1. The van der Waals surface area contributed by atoms with Crippen LogP contribution in [-0.4, -0.2) is 12.6 Å². The first kappa shape index (κ1) is 32.5. The standard InChI is InChI=1S/C31H62O2/c1-5-8-10-12-14-15-16-17-18-19-20-22-24-26-29-33-30(32)31(4,27-7-3)28-25-23-21-13-11-9-6-2/h5-29H2,1-4H3. The highest BCUT2D eigenvalue weighted by Crippen LogP contribution is 2.32. The van der Waals surface area contributed by atoms with Crippen LogP contribution < -0.4 is 0 Å². The summed E-state index contributed by atoms with van der Waals surface area (Å²) in [6.45, 7) is 9.49. The molecule has 0 saturated carbocycles. The molecule has 1 atom stereocenters. The molecule has 0 fully saturated rings. The molecule has 0 heterocycles. The third-order valence-corrected chi connectivity index (χ3v) is 7.36. The molecule has 0 saturated heterocycles. The van der Waals surface area contributed by atoms with Crippen molar-refractivity contribution in [2.45, 2.75) is 182 Å². The molecule has 0 amide bonds. The molecular weight excluding hydrogens is 404 g/mol. The number of carbonyl (C=O) groups excluding carboxylic acids is 1. The molecule has 0 aromatic rings. The summed E-state index contributed by atoms with van der Waals surface area (Å²) in [5, 5.41) is 0. The second-order valence-corrected chi connectivity index (χ2v) is 10.9. The average Bonchev–Trinajstić information content (AvgIpc) is 2.81. The van der Waals surface area contributed by atoms with Crippen LogP contribution in [0.2, 0.25) is 0 Å². The highest BCUT2D eigenvalue weighted by atomic mass is 16.5. The van der Waals surface area contributed by atoms with Gasteiger partial charge in [0.15, 0.2) is 0 Å². The van der Waals surface area contributed by atoms with E-state index in [9.17, 15) is 4.79 Å². The molecule has 0 radical (unpaired) electrons. The summed E-state index contributed by atoms with van der Waals surface area (Å²) >= 11 is 0. The second-order valence-electron chi connectivity index (χ2n) is 10.9. The molecule has 33 heavy (non-hydrogen) atoms. The van der Waals surface area contributed by atoms with E-state index in [2.05, 4.69) is 27.7 Å². The minimum absolute atomic E-state index is 0.0602. The lowest BCUT2D eigenvalue weighted by Crippen LogP contribution is -2.30. The maximum Gasteiger partial charge on any atom is 0.311 e. The van der Waals surface area contributed by atoms with Gasteiger partial charge >= 0.3 is 5.97 Å². The summed E-state index contributed by atoms with van der Waals surface area (Å²) < 4.78 is 5.74. The van der Waals surface area contributed by atoms with Crippen LogP contribution in [0.4, 0.5) is 0 Å². The summed E-state index contributed by atoms with van der Waals surface area (Å²) in [6, 6.07) is 0. The van der Waals surface area contributed by atoms with Crippen molar-refractivity contribution in [1.29, 1.82) is 0 Å². The molecule has 0 rings (SSSR count). The third-order valence-electron chi connectivity index (χ3n) is 7.36. The van der Waals surface area contributed by atoms with Crippen LogP contribution in [0.1, 0.15) is 182 Å². The zero-order chi connectivity index (χ0) is 24.5. The van der Waals surface area contributed by atoms with Crippen LogP contribution in [0.15, 0.2) is 0 Å². The molecule has 2 heteroatoms. The van der Waals surface area contributed by atoms with Crippen molar-refractivity contribution in [3.05, 3.63) is 0 Å². The number of hydrogen-bond donors (Lipinski definition) is 0. The zero-order valence-electron chi connectivity index (χ0n) is 23.5. The van der Waals surface area contributed by atoms with Crippen LogP contribution >= 0.6 is 0 Å². The number of carbonyl (C=O) groups is 1. The topological polar surface area (TPSA) is 26.3 Å². The molecule has 0 aliphatic heterocycles. The first-order chi connectivity index (χ1) is 16.1. The Hall–Kier alpha value is -0.530. The molecule has 0 aromatic heterocycles. The van der Waals surface area contributed by atoms with Gasteiger partial charge in [-0.15, -0.1) is 0 Å². The second kappa shape index (κ2) is 24.6. The SMILES string of the molecule is CCCCCCCCCCCCCCCCOC(=O)C(C)(CCC)CCCCCCCCC. The van der Waals surface area contributed by atoms with E-state index in [0.717, 1.165) is 32.1 Å². The maximum absolute atomic E-state index is 12.8. The van der Waals surface area contributed by atoms with Crippen molar-refractivity contribution in [1.82, 2.24) is 0 Å². The first-order valence-electron chi connectivity index (χ1n) is 15.3. The minimum atomic E-state index is -0.270. The van der Waals surface area contributed by atoms with Gasteiger partial charge in [0.1, 0.15) is 0 Å². The largest absolute Gasteiger partial charge is 0.465 e. The lowest BCUT2D eigenvalue weighted by molar-refractivity contribution is -0.156. The Bertz CT molecular complexity index is 406. The van der Waals surface area contributed by atoms with Gasteiger partial charge in [0.05, 0.1) is 12.0 Å². The molecule has 0 aromatic carbocycles. The van der Waals surface area contributed by atoms with Crippen LogP contribution in [-0.2, 0) is 9.53 Å². The van der Waals surface area contributed by atoms with Gasteiger partial charge < -0.3 is 4.74 Å². The third kappa shape index (κ3) is 20.5. The fraction of sp³-hybridized carbons (Fsp3) is 0.968. The van der Waals surface area contributed by atoms with Crippen molar-refractivity contribution >= 4 is 5.97 Å². The summed E-state index contributed by atoms with van der Waals surface area (Å²) in [6.07, 6.45) is 31.1. The van der Waals surface area contributed by atoms with Gasteiger partial charge in [0.2, 0.25) is 0 Å². The predicted octanol–water partition coefficient (Wildman–Crippen LogP) is 11.0. The molecule has 1 unspecified atom stereocenters.